The Morgan fingerprint density at radius 1 is 1.57 bits per heavy atom. The Balaban J connectivity index is 2.91. The van der Waals surface area contributed by atoms with Crippen molar-refractivity contribution >= 4 is 17.5 Å². The van der Waals surface area contributed by atoms with Crippen molar-refractivity contribution in [1.29, 1.82) is 5.26 Å². The second kappa shape index (κ2) is 7.75. The van der Waals surface area contributed by atoms with Gasteiger partial charge in [0.1, 0.15) is 17.6 Å². The summed E-state index contributed by atoms with van der Waals surface area (Å²) >= 11 is 0. The molecule has 0 aromatic carbocycles. The highest BCUT2D eigenvalue weighted by Gasteiger charge is 2.18. The smallest absolute Gasteiger partial charge is 0.273 e. The number of aliphatic imine (C=N–C) groups is 2. The second-order valence-corrected chi connectivity index (χ2v) is 4.19. The number of nitriles is 1. The zero-order valence-electron chi connectivity index (χ0n) is 12.3. The van der Waals surface area contributed by atoms with Gasteiger partial charge >= 0.3 is 0 Å². The quantitative estimate of drug-likeness (QED) is 0.608. The minimum absolute atomic E-state index is 0.0836. The standard InChI is InChI=1S/C14H18N6O/c1-4-18-12(13(16)17-3)14(21)19-9(2)11-7-5-6-10(8-15)20-11/h5-7,9H,4H2,1-3H3,(H2,16,17)(H,19,21)/b18-12+/t9-/m1/s1. The Kier molecular flexibility index (Phi) is 6.01. The van der Waals surface area contributed by atoms with E-state index in [1.807, 2.05) is 6.07 Å². The van der Waals surface area contributed by atoms with E-state index in [0.717, 1.165) is 0 Å². The normalized spacial score (nSPS) is 13.4. The first-order chi connectivity index (χ1) is 10.0. The van der Waals surface area contributed by atoms with Crippen LogP contribution in [0.1, 0.15) is 31.3 Å². The molecule has 0 saturated heterocycles. The lowest BCUT2D eigenvalue weighted by atomic mass is 10.2. The fourth-order valence-corrected chi connectivity index (χ4v) is 1.63. The molecule has 0 saturated carbocycles. The molecule has 7 heteroatoms. The molecule has 0 radical (unpaired) electrons. The van der Waals surface area contributed by atoms with Crippen LogP contribution in [0.2, 0.25) is 0 Å². The highest BCUT2D eigenvalue weighted by Crippen LogP contribution is 2.09. The number of hydrogen-bond acceptors (Lipinski definition) is 5. The zero-order valence-corrected chi connectivity index (χ0v) is 12.3. The number of nitrogens with zero attached hydrogens (tertiary/aromatic N) is 4. The Bertz CT molecular complexity index is 614. The number of aromatic nitrogens is 1. The Hall–Kier alpha value is -2.75. The van der Waals surface area contributed by atoms with Gasteiger partial charge in [-0.15, -0.1) is 0 Å². The number of nitrogens with one attached hydrogen (secondary N) is 1. The minimum Gasteiger partial charge on any atom is -0.382 e. The molecule has 0 aliphatic heterocycles. The first-order valence-corrected chi connectivity index (χ1v) is 6.48. The van der Waals surface area contributed by atoms with E-state index in [4.69, 9.17) is 11.0 Å². The molecule has 0 unspecified atom stereocenters. The van der Waals surface area contributed by atoms with Gasteiger partial charge in [0.05, 0.1) is 11.7 Å². The first-order valence-electron chi connectivity index (χ1n) is 6.48. The van der Waals surface area contributed by atoms with E-state index in [2.05, 4.69) is 20.3 Å². The van der Waals surface area contributed by atoms with Crippen molar-refractivity contribution in [3.63, 3.8) is 0 Å². The van der Waals surface area contributed by atoms with Crippen molar-refractivity contribution in [2.45, 2.75) is 19.9 Å². The molecule has 3 N–H and O–H groups in total. The average Bonchev–Trinajstić information content (AvgIpc) is 2.51. The molecule has 21 heavy (non-hydrogen) atoms. The summed E-state index contributed by atoms with van der Waals surface area (Å²) in [4.78, 5) is 24.1. The first kappa shape index (κ1) is 16.3. The van der Waals surface area contributed by atoms with Crippen molar-refractivity contribution < 1.29 is 4.79 Å². The van der Waals surface area contributed by atoms with Crippen molar-refractivity contribution in [3.8, 4) is 6.07 Å². The van der Waals surface area contributed by atoms with Gasteiger partial charge in [0.25, 0.3) is 5.91 Å². The Morgan fingerprint density at radius 2 is 2.29 bits per heavy atom. The molecule has 1 rings (SSSR count). The van der Waals surface area contributed by atoms with Gasteiger partial charge in [-0.2, -0.15) is 5.26 Å². The van der Waals surface area contributed by atoms with Crippen LogP contribution in [0.5, 0.6) is 0 Å². The monoisotopic (exact) mass is 286 g/mol. The molecular weight excluding hydrogens is 268 g/mol. The van der Waals surface area contributed by atoms with Gasteiger partial charge in [-0.1, -0.05) is 6.07 Å². The fraction of sp³-hybridized carbons (Fsp3) is 0.357. The van der Waals surface area contributed by atoms with E-state index in [1.54, 1.807) is 32.0 Å². The largest absolute Gasteiger partial charge is 0.382 e. The van der Waals surface area contributed by atoms with Crippen LogP contribution >= 0.6 is 0 Å². The second-order valence-electron chi connectivity index (χ2n) is 4.19. The molecule has 7 nitrogen and oxygen atoms in total. The SMILES string of the molecule is CC/N=C(C(=O)N[C@H](C)c1cccc(C#N)n1)\C(N)=N/C. The summed E-state index contributed by atoms with van der Waals surface area (Å²) in [6.45, 7) is 4.00. The van der Waals surface area contributed by atoms with Crippen LogP contribution < -0.4 is 11.1 Å². The van der Waals surface area contributed by atoms with Crippen molar-refractivity contribution in [2.24, 2.45) is 15.7 Å². The van der Waals surface area contributed by atoms with Gasteiger partial charge in [-0.3, -0.25) is 14.8 Å². The molecule has 0 fully saturated rings. The van der Waals surface area contributed by atoms with E-state index in [9.17, 15) is 4.79 Å². The minimum atomic E-state index is -0.420. The van der Waals surface area contributed by atoms with E-state index < -0.39 is 5.91 Å². The molecule has 1 amide bonds. The number of nitrogens with two attached hydrogens (primary N) is 1. The number of amidine groups is 1. The van der Waals surface area contributed by atoms with Gasteiger partial charge in [0.15, 0.2) is 5.71 Å². The molecule has 1 aromatic heterocycles. The van der Waals surface area contributed by atoms with Gasteiger partial charge < -0.3 is 11.1 Å². The van der Waals surface area contributed by atoms with Crippen molar-refractivity contribution in [2.75, 3.05) is 13.6 Å². The number of hydrogen-bond donors (Lipinski definition) is 2. The molecule has 110 valence electrons. The van der Waals surface area contributed by atoms with E-state index in [0.29, 0.717) is 17.9 Å². The third-order valence-corrected chi connectivity index (χ3v) is 2.69. The molecule has 1 heterocycles. The van der Waals surface area contributed by atoms with Crippen LogP contribution in [-0.2, 0) is 4.79 Å². The summed E-state index contributed by atoms with van der Waals surface area (Å²) in [5.74, 6) is -0.336. The summed E-state index contributed by atoms with van der Waals surface area (Å²) < 4.78 is 0. The summed E-state index contributed by atoms with van der Waals surface area (Å²) in [6.07, 6.45) is 0. The molecule has 0 aliphatic carbocycles. The summed E-state index contributed by atoms with van der Waals surface area (Å²) in [5.41, 5.74) is 6.65. The highest BCUT2D eigenvalue weighted by molar-refractivity contribution is 6.66. The molecule has 1 atom stereocenters. The molecule has 0 aliphatic rings. The third kappa shape index (κ3) is 4.38. The molecule has 0 bridgehead atoms. The fourth-order valence-electron chi connectivity index (χ4n) is 1.63. The predicted molar refractivity (Wildman–Crippen MR) is 81.0 cm³/mol. The maximum atomic E-state index is 12.2. The van der Waals surface area contributed by atoms with E-state index >= 15 is 0 Å². The highest BCUT2D eigenvalue weighted by atomic mass is 16.2. The number of pyridine rings is 1. The number of amides is 1. The Morgan fingerprint density at radius 3 is 2.86 bits per heavy atom. The molecular formula is C14H18N6O. The van der Waals surface area contributed by atoms with Crippen LogP contribution in [0.4, 0.5) is 0 Å². The summed E-state index contributed by atoms with van der Waals surface area (Å²) in [6, 6.07) is 6.63. The molecule has 1 aromatic rings. The van der Waals surface area contributed by atoms with Crippen LogP contribution in [0.3, 0.4) is 0 Å². The number of carbonyl (C=O) groups excluding carboxylic acids is 1. The van der Waals surface area contributed by atoms with Crippen LogP contribution in [0, 0.1) is 11.3 Å². The topological polar surface area (TPSA) is 117 Å². The summed E-state index contributed by atoms with van der Waals surface area (Å²) in [7, 11) is 1.50. The lowest BCUT2D eigenvalue weighted by molar-refractivity contribution is -0.115. The third-order valence-electron chi connectivity index (χ3n) is 2.69. The summed E-state index contributed by atoms with van der Waals surface area (Å²) in [5, 5.41) is 11.6. The van der Waals surface area contributed by atoms with Gasteiger partial charge in [-0.25, -0.2) is 4.98 Å². The van der Waals surface area contributed by atoms with E-state index in [-0.39, 0.29) is 17.6 Å². The maximum absolute atomic E-state index is 12.2. The number of carbonyl (C=O) groups is 1. The number of rotatable bonds is 5. The van der Waals surface area contributed by atoms with Crippen molar-refractivity contribution in [3.05, 3.63) is 29.6 Å². The van der Waals surface area contributed by atoms with Gasteiger partial charge in [0, 0.05) is 13.6 Å². The lowest BCUT2D eigenvalue weighted by Crippen LogP contribution is -2.41. The molecule has 0 spiro atoms. The zero-order chi connectivity index (χ0) is 15.8. The van der Waals surface area contributed by atoms with E-state index in [1.165, 1.54) is 7.05 Å². The van der Waals surface area contributed by atoms with Crippen molar-refractivity contribution in [1.82, 2.24) is 10.3 Å². The predicted octanol–water partition coefficient (Wildman–Crippen LogP) is 0.578. The van der Waals surface area contributed by atoms with Gasteiger partial charge in [-0.05, 0) is 26.0 Å². The van der Waals surface area contributed by atoms with Crippen LogP contribution in [0.25, 0.3) is 0 Å². The lowest BCUT2D eigenvalue weighted by Gasteiger charge is -2.14. The average molecular weight is 286 g/mol. The maximum Gasteiger partial charge on any atom is 0.273 e. The van der Waals surface area contributed by atoms with Gasteiger partial charge in [0.2, 0.25) is 0 Å². The van der Waals surface area contributed by atoms with Crippen LogP contribution in [0.15, 0.2) is 28.2 Å². The Labute approximate surface area is 123 Å². The van der Waals surface area contributed by atoms with Crippen LogP contribution in [-0.4, -0.2) is 36.0 Å².